The number of aromatic nitrogens is 3. The van der Waals surface area contributed by atoms with E-state index in [1.54, 1.807) is 11.8 Å². The third-order valence-electron chi connectivity index (χ3n) is 3.01. The number of pyridine rings is 1. The average Bonchev–Trinajstić information content (AvgIpc) is 2.54. The summed E-state index contributed by atoms with van der Waals surface area (Å²) in [6.07, 6.45) is 1.92. The number of thioether (sulfide) groups is 1. The van der Waals surface area contributed by atoms with Gasteiger partial charge in [0.15, 0.2) is 0 Å². The summed E-state index contributed by atoms with van der Waals surface area (Å²) in [6.45, 7) is 5.72. The Hall–Kier alpha value is -2.35. The van der Waals surface area contributed by atoms with Gasteiger partial charge in [-0.1, -0.05) is 11.2 Å². The van der Waals surface area contributed by atoms with Crippen molar-refractivity contribution in [2.45, 2.75) is 31.9 Å². The van der Waals surface area contributed by atoms with Crippen molar-refractivity contribution in [3.63, 3.8) is 0 Å². The highest BCUT2D eigenvalue weighted by atomic mass is 32.2. The first-order valence-electron chi connectivity index (χ1n) is 7.40. The predicted octanol–water partition coefficient (Wildman–Crippen LogP) is 2.62. The first-order chi connectivity index (χ1) is 11.5. The highest BCUT2D eigenvalue weighted by molar-refractivity contribution is 7.98. The van der Waals surface area contributed by atoms with E-state index >= 15 is 0 Å². The SMILES string of the molecule is CO/N=C(\N)c1nc(C)c(-c2cccc(SC)n2)c(OC(C)C)n1. The van der Waals surface area contributed by atoms with Gasteiger partial charge in [0.05, 0.1) is 28.1 Å². The van der Waals surface area contributed by atoms with Crippen molar-refractivity contribution >= 4 is 17.6 Å². The third kappa shape index (κ3) is 4.14. The van der Waals surface area contributed by atoms with Crippen LogP contribution in [0.1, 0.15) is 25.4 Å². The monoisotopic (exact) mass is 347 g/mol. The number of amidine groups is 1. The first kappa shape index (κ1) is 18.0. The lowest BCUT2D eigenvalue weighted by Crippen LogP contribution is -2.20. The van der Waals surface area contributed by atoms with E-state index in [2.05, 4.69) is 20.1 Å². The molecule has 0 aromatic carbocycles. The number of hydrogen-bond acceptors (Lipinski definition) is 7. The quantitative estimate of drug-likeness (QED) is 0.371. The van der Waals surface area contributed by atoms with Crippen molar-refractivity contribution in [2.75, 3.05) is 13.4 Å². The fourth-order valence-corrected chi connectivity index (χ4v) is 2.48. The van der Waals surface area contributed by atoms with Crippen molar-refractivity contribution in [1.29, 1.82) is 0 Å². The number of aryl methyl sites for hydroxylation is 1. The summed E-state index contributed by atoms with van der Waals surface area (Å²) in [4.78, 5) is 18.1. The van der Waals surface area contributed by atoms with Crippen molar-refractivity contribution in [2.24, 2.45) is 10.9 Å². The van der Waals surface area contributed by atoms with Gasteiger partial charge in [0, 0.05) is 0 Å². The molecule has 128 valence electrons. The Labute approximate surface area is 145 Å². The molecule has 0 atom stereocenters. The van der Waals surface area contributed by atoms with E-state index in [4.69, 9.17) is 15.3 Å². The lowest BCUT2D eigenvalue weighted by atomic mass is 10.1. The molecular formula is C16H21N5O2S. The predicted molar refractivity (Wildman–Crippen MR) is 95.3 cm³/mol. The van der Waals surface area contributed by atoms with Crippen LogP contribution in [-0.4, -0.2) is 40.3 Å². The van der Waals surface area contributed by atoms with Gasteiger partial charge >= 0.3 is 0 Å². The fourth-order valence-electron chi connectivity index (χ4n) is 2.07. The third-order valence-corrected chi connectivity index (χ3v) is 3.66. The minimum atomic E-state index is -0.0600. The van der Waals surface area contributed by atoms with Gasteiger partial charge in [-0.2, -0.15) is 4.98 Å². The van der Waals surface area contributed by atoms with E-state index < -0.39 is 0 Å². The van der Waals surface area contributed by atoms with E-state index in [0.29, 0.717) is 11.6 Å². The van der Waals surface area contributed by atoms with Crippen LogP contribution in [0.25, 0.3) is 11.3 Å². The van der Waals surface area contributed by atoms with Crippen LogP contribution in [0, 0.1) is 6.92 Å². The zero-order chi connectivity index (χ0) is 17.7. The molecule has 0 aliphatic heterocycles. The topological polar surface area (TPSA) is 95.5 Å². The molecule has 24 heavy (non-hydrogen) atoms. The molecule has 8 heteroatoms. The van der Waals surface area contributed by atoms with Gasteiger partial charge in [-0.15, -0.1) is 11.8 Å². The van der Waals surface area contributed by atoms with Crippen LogP contribution in [0.2, 0.25) is 0 Å². The molecule has 0 radical (unpaired) electrons. The zero-order valence-electron chi connectivity index (χ0n) is 14.4. The molecule has 0 bridgehead atoms. The van der Waals surface area contributed by atoms with Crippen LogP contribution in [0.4, 0.5) is 0 Å². The normalized spacial score (nSPS) is 11.7. The summed E-state index contributed by atoms with van der Waals surface area (Å²) in [5.41, 5.74) is 8.04. The lowest BCUT2D eigenvalue weighted by molar-refractivity contribution is 0.212. The van der Waals surface area contributed by atoms with Crippen molar-refractivity contribution in [3.05, 3.63) is 29.7 Å². The Balaban J connectivity index is 2.63. The summed E-state index contributed by atoms with van der Waals surface area (Å²) in [5.74, 6) is 0.772. The molecule has 2 aromatic rings. The summed E-state index contributed by atoms with van der Waals surface area (Å²) in [6, 6.07) is 5.80. The Morgan fingerprint density at radius 3 is 2.62 bits per heavy atom. The molecule has 0 aliphatic rings. The standard InChI is InChI=1S/C16H21N5O2S/c1-9(2)23-16-13(11-7-6-8-12(19-11)24-5)10(3)18-15(20-16)14(17)21-22-4/h6-9H,1-5H3,(H2,17,21). The number of oxime groups is 1. The Morgan fingerprint density at radius 1 is 1.25 bits per heavy atom. The number of nitrogens with two attached hydrogens (primary N) is 1. The number of ether oxygens (including phenoxy) is 1. The maximum atomic E-state index is 5.87. The van der Waals surface area contributed by atoms with Crippen LogP contribution >= 0.6 is 11.8 Å². The minimum absolute atomic E-state index is 0.0600. The molecule has 0 saturated carbocycles. The van der Waals surface area contributed by atoms with Gasteiger partial charge in [0.2, 0.25) is 17.5 Å². The number of rotatable bonds is 6. The molecule has 2 N–H and O–H groups in total. The molecule has 0 fully saturated rings. The highest BCUT2D eigenvalue weighted by Crippen LogP contribution is 2.31. The second-order valence-electron chi connectivity index (χ2n) is 5.20. The molecule has 0 amide bonds. The fraction of sp³-hybridized carbons (Fsp3) is 0.375. The Morgan fingerprint density at radius 2 is 2.00 bits per heavy atom. The van der Waals surface area contributed by atoms with Crippen molar-refractivity contribution in [3.8, 4) is 17.1 Å². The Bertz CT molecular complexity index is 749. The van der Waals surface area contributed by atoms with Crippen molar-refractivity contribution in [1.82, 2.24) is 15.0 Å². The van der Waals surface area contributed by atoms with Crippen LogP contribution < -0.4 is 10.5 Å². The van der Waals surface area contributed by atoms with Crippen LogP contribution in [0.15, 0.2) is 28.4 Å². The highest BCUT2D eigenvalue weighted by Gasteiger charge is 2.19. The van der Waals surface area contributed by atoms with E-state index in [-0.39, 0.29) is 17.8 Å². The lowest BCUT2D eigenvalue weighted by Gasteiger charge is -2.16. The van der Waals surface area contributed by atoms with Crippen molar-refractivity contribution < 1.29 is 9.57 Å². The zero-order valence-corrected chi connectivity index (χ0v) is 15.2. The molecule has 2 rings (SSSR count). The summed E-state index contributed by atoms with van der Waals surface area (Å²) in [5, 5.41) is 4.59. The average molecular weight is 347 g/mol. The number of nitrogens with zero attached hydrogens (tertiary/aromatic N) is 4. The maximum Gasteiger partial charge on any atom is 0.227 e. The summed E-state index contributed by atoms with van der Waals surface area (Å²) < 4.78 is 5.87. The largest absolute Gasteiger partial charge is 0.474 e. The van der Waals surface area contributed by atoms with Gasteiger partial charge in [-0.05, 0) is 39.2 Å². The molecule has 0 spiro atoms. The molecule has 7 nitrogen and oxygen atoms in total. The van der Waals surface area contributed by atoms with Gasteiger partial charge < -0.3 is 15.3 Å². The second-order valence-corrected chi connectivity index (χ2v) is 6.03. The Kier molecular flexibility index (Phi) is 5.97. The van der Waals surface area contributed by atoms with Crippen LogP contribution in [0.3, 0.4) is 0 Å². The van der Waals surface area contributed by atoms with Gasteiger partial charge in [-0.3, -0.25) is 0 Å². The van der Waals surface area contributed by atoms with Gasteiger partial charge in [0.25, 0.3) is 0 Å². The van der Waals surface area contributed by atoms with Crippen LogP contribution in [-0.2, 0) is 4.84 Å². The smallest absolute Gasteiger partial charge is 0.227 e. The molecule has 0 unspecified atom stereocenters. The van der Waals surface area contributed by atoms with Gasteiger partial charge in [0.1, 0.15) is 7.11 Å². The maximum absolute atomic E-state index is 5.87. The molecule has 2 aromatic heterocycles. The minimum Gasteiger partial charge on any atom is -0.474 e. The molecule has 0 saturated heterocycles. The first-order valence-corrected chi connectivity index (χ1v) is 8.62. The summed E-state index contributed by atoms with van der Waals surface area (Å²) in [7, 11) is 1.41. The second kappa shape index (κ2) is 7.96. The van der Waals surface area contributed by atoms with E-state index in [0.717, 1.165) is 16.3 Å². The van der Waals surface area contributed by atoms with E-state index in [9.17, 15) is 0 Å². The van der Waals surface area contributed by atoms with E-state index in [1.165, 1.54) is 7.11 Å². The summed E-state index contributed by atoms with van der Waals surface area (Å²) >= 11 is 1.57. The van der Waals surface area contributed by atoms with E-state index in [1.807, 2.05) is 45.2 Å². The molecular weight excluding hydrogens is 326 g/mol. The number of hydrogen-bond donors (Lipinski definition) is 1. The van der Waals surface area contributed by atoms with Crippen LogP contribution in [0.5, 0.6) is 5.88 Å². The molecule has 0 aliphatic carbocycles. The van der Waals surface area contributed by atoms with Gasteiger partial charge in [-0.25, -0.2) is 9.97 Å². The molecule has 2 heterocycles.